The molecule has 3 fully saturated rings. The Labute approximate surface area is 345 Å². The Hall–Kier alpha value is -4.34. The zero-order valence-electron chi connectivity index (χ0n) is 33.1. The topological polar surface area (TPSA) is 113 Å². The highest BCUT2D eigenvalue weighted by Crippen LogP contribution is 2.38. The van der Waals surface area contributed by atoms with Crippen LogP contribution in [0.3, 0.4) is 0 Å². The van der Waals surface area contributed by atoms with Crippen LogP contribution in [0.15, 0.2) is 152 Å². The second-order valence-corrected chi connectivity index (χ2v) is 14.9. The van der Waals surface area contributed by atoms with Gasteiger partial charge in [0.25, 0.3) is 0 Å². The lowest BCUT2D eigenvalue weighted by atomic mass is 9.95. The Balaban J connectivity index is 1.11. The Bertz CT molecular complexity index is 1940. The second-order valence-electron chi connectivity index (χ2n) is 14.9. The Morgan fingerprint density at radius 2 is 1.02 bits per heavy atom. The highest BCUT2D eigenvalue weighted by molar-refractivity contribution is 5.18. The Morgan fingerprint density at radius 3 is 1.56 bits per heavy atom. The maximum absolute atomic E-state index is 12.2. The lowest BCUT2D eigenvalue weighted by Gasteiger charge is -2.50. The van der Waals surface area contributed by atoms with E-state index in [1.165, 1.54) is 0 Å². The number of fused-ring (bicyclic) bond motifs is 1. The molecule has 310 valence electrons. The van der Waals surface area contributed by atoms with Crippen LogP contribution in [0.5, 0.6) is 0 Å². The van der Waals surface area contributed by atoms with E-state index in [0.717, 1.165) is 27.8 Å². The number of methoxy groups -OCH3 is 1. The molecule has 1 unspecified atom stereocenters. The van der Waals surface area contributed by atoms with Crippen molar-refractivity contribution in [3.63, 3.8) is 0 Å². The number of hydrogen-bond donors (Lipinski definition) is 1. The molecule has 1 N–H and O–H groups in total. The summed E-state index contributed by atoms with van der Waals surface area (Å²) < 4.78 is 65.4. The van der Waals surface area contributed by atoms with Gasteiger partial charge < -0.3 is 52.5 Å². The molecule has 11 atom stereocenters. The van der Waals surface area contributed by atoms with Crippen LogP contribution in [0.4, 0.5) is 0 Å². The minimum Gasteiger partial charge on any atom is -0.387 e. The average Bonchev–Trinajstić information content (AvgIpc) is 3.29. The van der Waals surface area contributed by atoms with Gasteiger partial charge in [0.2, 0.25) is 0 Å². The number of hydrogen-bond acceptors (Lipinski definition) is 11. The predicted molar refractivity (Wildman–Crippen MR) is 216 cm³/mol. The summed E-state index contributed by atoms with van der Waals surface area (Å²) in [6, 6.07) is 49.1. The molecule has 8 rings (SSSR count). The van der Waals surface area contributed by atoms with Crippen molar-refractivity contribution in [2.75, 3.05) is 20.3 Å². The van der Waals surface area contributed by atoms with Crippen molar-refractivity contribution in [1.82, 2.24) is 0 Å². The van der Waals surface area contributed by atoms with Gasteiger partial charge in [-0.2, -0.15) is 0 Å². The molecule has 5 aromatic carbocycles. The fraction of sp³-hybridized carbons (Fsp3) is 0.375. The molecule has 3 aliphatic rings. The highest BCUT2D eigenvalue weighted by atomic mass is 16.8. The van der Waals surface area contributed by atoms with Crippen LogP contribution >= 0.6 is 0 Å². The van der Waals surface area contributed by atoms with Crippen LogP contribution in [0.1, 0.15) is 34.1 Å². The number of benzene rings is 5. The first-order chi connectivity index (χ1) is 29.1. The van der Waals surface area contributed by atoms with Crippen LogP contribution in [0.25, 0.3) is 0 Å². The van der Waals surface area contributed by atoms with E-state index in [-0.39, 0.29) is 33.0 Å². The molecule has 0 bridgehead atoms. The molecular formula is C48H52O11. The zero-order chi connectivity index (χ0) is 40.2. The van der Waals surface area contributed by atoms with Crippen molar-refractivity contribution in [3.8, 4) is 0 Å². The standard InChI is InChI=1S/C48H52O11/c1-50-47-45(54-30-36-23-13-5-14-24-36)44(53-29-35-21-11-4-12-22-35)42(38(56-47)31-51-27-33-17-7-2-8-18-33)59-48-43(52-28-34-19-9-3-10-20-34)40(49)41-39(57-48)32-55-46(58-41)37-25-15-6-16-26-37/h2-26,38-49H,27-32H2,1H3/t38-,39-,40+,41-,42-,43+,44+,45-,46?,47+,48+/m1/s1. The van der Waals surface area contributed by atoms with Crippen molar-refractivity contribution < 1.29 is 52.5 Å². The minimum atomic E-state index is -1.16. The normalized spacial score (nSPS) is 29.4. The van der Waals surface area contributed by atoms with E-state index in [1.807, 2.05) is 152 Å². The summed E-state index contributed by atoms with van der Waals surface area (Å²) in [6.07, 6.45) is -9.34. The van der Waals surface area contributed by atoms with Gasteiger partial charge in [0.15, 0.2) is 18.9 Å². The molecule has 5 aromatic rings. The van der Waals surface area contributed by atoms with Crippen molar-refractivity contribution in [3.05, 3.63) is 179 Å². The third kappa shape index (κ3) is 10.7. The maximum Gasteiger partial charge on any atom is 0.187 e. The minimum absolute atomic E-state index is 0.123. The lowest BCUT2D eigenvalue weighted by molar-refractivity contribution is -0.393. The van der Waals surface area contributed by atoms with Gasteiger partial charge in [0.05, 0.1) is 39.6 Å². The predicted octanol–water partition coefficient (Wildman–Crippen LogP) is 6.92. The third-order valence-electron chi connectivity index (χ3n) is 10.7. The maximum atomic E-state index is 12.2. The molecule has 11 nitrogen and oxygen atoms in total. The van der Waals surface area contributed by atoms with Gasteiger partial charge in [0, 0.05) is 12.7 Å². The quantitative estimate of drug-likeness (QED) is 0.106. The van der Waals surface area contributed by atoms with E-state index < -0.39 is 67.7 Å². The third-order valence-corrected chi connectivity index (χ3v) is 10.7. The summed E-state index contributed by atoms with van der Waals surface area (Å²) >= 11 is 0. The number of aliphatic hydroxyl groups excluding tert-OH is 1. The molecule has 0 radical (unpaired) electrons. The molecule has 59 heavy (non-hydrogen) atoms. The summed E-state index contributed by atoms with van der Waals surface area (Å²) in [7, 11) is 1.58. The molecule has 0 spiro atoms. The van der Waals surface area contributed by atoms with Crippen molar-refractivity contribution in [2.45, 2.75) is 94.1 Å². The molecule has 11 heteroatoms. The van der Waals surface area contributed by atoms with Gasteiger partial charge >= 0.3 is 0 Å². The monoisotopic (exact) mass is 804 g/mol. The molecule has 3 heterocycles. The molecule has 3 saturated heterocycles. The largest absolute Gasteiger partial charge is 0.387 e. The van der Waals surface area contributed by atoms with Gasteiger partial charge in [-0.25, -0.2) is 0 Å². The van der Waals surface area contributed by atoms with Crippen LogP contribution in [-0.4, -0.2) is 86.8 Å². The van der Waals surface area contributed by atoms with E-state index in [4.69, 9.17) is 47.4 Å². The van der Waals surface area contributed by atoms with Gasteiger partial charge in [-0.15, -0.1) is 0 Å². The van der Waals surface area contributed by atoms with Gasteiger partial charge in [-0.05, 0) is 22.3 Å². The van der Waals surface area contributed by atoms with Crippen LogP contribution < -0.4 is 0 Å². The zero-order valence-corrected chi connectivity index (χ0v) is 33.1. The number of ether oxygens (including phenoxy) is 10. The van der Waals surface area contributed by atoms with Gasteiger partial charge in [0.1, 0.15) is 48.8 Å². The fourth-order valence-electron chi connectivity index (χ4n) is 7.69. The van der Waals surface area contributed by atoms with Crippen molar-refractivity contribution in [2.24, 2.45) is 0 Å². The van der Waals surface area contributed by atoms with E-state index in [2.05, 4.69) is 0 Å². The Morgan fingerprint density at radius 1 is 0.525 bits per heavy atom. The summed E-state index contributed by atoms with van der Waals surface area (Å²) in [5.74, 6) is 0. The highest BCUT2D eigenvalue weighted by Gasteiger charge is 2.55. The van der Waals surface area contributed by atoms with E-state index in [1.54, 1.807) is 7.11 Å². The smallest absolute Gasteiger partial charge is 0.187 e. The van der Waals surface area contributed by atoms with Crippen molar-refractivity contribution >= 4 is 0 Å². The van der Waals surface area contributed by atoms with E-state index in [9.17, 15) is 5.11 Å². The molecular weight excluding hydrogens is 753 g/mol. The molecule has 0 aromatic heterocycles. The molecule has 0 saturated carbocycles. The van der Waals surface area contributed by atoms with Gasteiger partial charge in [-0.1, -0.05) is 152 Å². The average molecular weight is 805 g/mol. The SMILES string of the molecule is CO[C@H]1O[C@H](COCc2ccccc2)[C@@H](O[C@@H]2O[C@@H]3COC(c4ccccc4)O[C@H]3[C@H](O)[C@@H]2OCc2ccccc2)[C@H](OCc2ccccc2)[C@H]1OCc1ccccc1. The first kappa shape index (κ1) is 41.4. The van der Waals surface area contributed by atoms with Crippen molar-refractivity contribution in [1.29, 1.82) is 0 Å². The summed E-state index contributed by atoms with van der Waals surface area (Å²) in [6.45, 7) is 1.33. The first-order valence-electron chi connectivity index (χ1n) is 20.2. The van der Waals surface area contributed by atoms with Crippen LogP contribution in [0.2, 0.25) is 0 Å². The molecule has 0 aliphatic carbocycles. The summed E-state index contributed by atoms with van der Waals surface area (Å²) in [4.78, 5) is 0. The molecule has 3 aliphatic heterocycles. The Kier molecular flexibility index (Phi) is 14.6. The lowest BCUT2D eigenvalue weighted by Crippen LogP contribution is -2.66. The second kappa shape index (κ2) is 20.8. The first-order valence-corrected chi connectivity index (χ1v) is 20.2. The van der Waals surface area contributed by atoms with Crippen LogP contribution in [0, 0.1) is 0 Å². The van der Waals surface area contributed by atoms with E-state index >= 15 is 0 Å². The fourth-order valence-corrected chi connectivity index (χ4v) is 7.69. The van der Waals surface area contributed by atoms with Crippen LogP contribution in [-0.2, 0) is 73.8 Å². The number of rotatable bonds is 17. The summed E-state index contributed by atoms with van der Waals surface area (Å²) in [5, 5.41) is 12.2. The number of aliphatic hydroxyl groups is 1. The van der Waals surface area contributed by atoms with Gasteiger partial charge in [-0.3, -0.25) is 0 Å². The summed E-state index contributed by atoms with van der Waals surface area (Å²) in [5.41, 5.74) is 4.70. The molecule has 0 amide bonds. The van der Waals surface area contributed by atoms with E-state index in [0.29, 0.717) is 6.61 Å².